The number of carbonyl (C=O) groups is 1. The van der Waals surface area contributed by atoms with Crippen LogP contribution in [0.15, 0.2) is 47.5 Å². The Labute approximate surface area is 160 Å². The van der Waals surface area contributed by atoms with E-state index >= 15 is 0 Å². The molecule has 1 amide bonds. The molecule has 26 heavy (non-hydrogen) atoms. The van der Waals surface area contributed by atoms with Gasteiger partial charge in [-0.05, 0) is 49.6 Å². The largest absolute Gasteiger partial charge is 0.356 e. The van der Waals surface area contributed by atoms with Gasteiger partial charge in [0.25, 0.3) is 5.91 Å². The quantitative estimate of drug-likeness (QED) is 0.762. The summed E-state index contributed by atoms with van der Waals surface area (Å²) in [4.78, 5) is 20.6. The lowest BCUT2D eigenvalue weighted by Gasteiger charge is -2.29. The summed E-state index contributed by atoms with van der Waals surface area (Å²) in [5.41, 5.74) is 1.77. The summed E-state index contributed by atoms with van der Waals surface area (Å²) in [6, 6.07) is 11.8. The molecule has 2 aromatic rings. The van der Waals surface area contributed by atoms with Crippen molar-refractivity contribution in [3.05, 3.63) is 53.7 Å². The monoisotopic (exact) mass is 369 g/mol. The lowest BCUT2D eigenvalue weighted by molar-refractivity contribution is 0.0951. The van der Waals surface area contributed by atoms with Crippen molar-refractivity contribution in [2.45, 2.75) is 49.8 Å². The van der Waals surface area contributed by atoms with Gasteiger partial charge in [-0.25, -0.2) is 4.98 Å². The highest BCUT2D eigenvalue weighted by atomic mass is 32.2. The molecule has 0 bridgehead atoms. The topological polar surface area (TPSA) is 45.2 Å². The fourth-order valence-electron chi connectivity index (χ4n) is 3.19. The van der Waals surface area contributed by atoms with Gasteiger partial charge in [-0.2, -0.15) is 0 Å². The second-order valence-electron chi connectivity index (χ2n) is 6.91. The van der Waals surface area contributed by atoms with Crippen LogP contribution in [-0.4, -0.2) is 29.2 Å². The number of hydrogen-bond acceptors (Lipinski definition) is 4. The first-order valence-corrected chi connectivity index (χ1v) is 10.2. The molecule has 4 nitrogen and oxygen atoms in total. The summed E-state index contributed by atoms with van der Waals surface area (Å²) < 4.78 is 0. The Morgan fingerprint density at radius 3 is 2.58 bits per heavy atom. The summed E-state index contributed by atoms with van der Waals surface area (Å²) in [6.45, 7) is 6.93. The molecule has 0 radical (unpaired) electrons. The number of carbonyl (C=O) groups excluding carboxylic acids is 1. The molecule has 3 rings (SSSR count). The lowest BCUT2D eigenvalue weighted by Crippen LogP contribution is -2.32. The number of benzene rings is 1. The molecule has 1 N–H and O–H groups in total. The minimum Gasteiger partial charge on any atom is -0.356 e. The van der Waals surface area contributed by atoms with Gasteiger partial charge in [-0.15, -0.1) is 11.8 Å². The number of amides is 1. The van der Waals surface area contributed by atoms with Gasteiger partial charge in [-0.3, -0.25) is 4.79 Å². The van der Waals surface area contributed by atoms with Crippen molar-refractivity contribution in [2.75, 3.05) is 18.0 Å². The second-order valence-corrected chi connectivity index (χ2v) is 8.56. The van der Waals surface area contributed by atoms with Crippen molar-refractivity contribution in [1.29, 1.82) is 0 Å². The number of nitrogens with zero attached hydrogens (tertiary/aromatic N) is 2. The van der Waals surface area contributed by atoms with E-state index < -0.39 is 0 Å². The summed E-state index contributed by atoms with van der Waals surface area (Å²) in [5.74, 6) is 0.968. The van der Waals surface area contributed by atoms with E-state index in [4.69, 9.17) is 0 Å². The van der Waals surface area contributed by atoms with Crippen LogP contribution in [0.1, 0.15) is 49.0 Å². The number of anilines is 1. The molecule has 1 aromatic heterocycles. The Morgan fingerprint density at radius 1 is 1.15 bits per heavy atom. The first-order chi connectivity index (χ1) is 12.6. The molecular formula is C21H27N3OS. The van der Waals surface area contributed by atoms with E-state index in [2.05, 4.69) is 35.1 Å². The molecule has 2 heterocycles. The van der Waals surface area contributed by atoms with Crippen molar-refractivity contribution in [3.8, 4) is 0 Å². The van der Waals surface area contributed by atoms with E-state index in [0.29, 0.717) is 17.4 Å². The fourth-order valence-corrected chi connectivity index (χ4v) is 4.03. The van der Waals surface area contributed by atoms with Gasteiger partial charge < -0.3 is 10.2 Å². The van der Waals surface area contributed by atoms with Crippen LogP contribution in [0.4, 0.5) is 5.82 Å². The maximum absolute atomic E-state index is 12.5. The summed E-state index contributed by atoms with van der Waals surface area (Å²) in [7, 11) is 0. The van der Waals surface area contributed by atoms with E-state index in [1.54, 1.807) is 11.8 Å². The number of thioether (sulfide) groups is 1. The molecule has 1 aliphatic rings. The van der Waals surface area contributed by atoms with Gasteiger partial charge in [0.2, 0.25) is 0 Å². The van der Waals surface area contributed by atoms with E-state index in [1.165, 1.54) is 24.2 Å². The highest BCUT2D eigenvalue weighted by Gasteiger charge is 2.16. The zero-order valence-electron chi connectivity index (χ0n) is 15.6. The molecule has 1 aliphatic heterocycles. The third-order valence-electron chi connectivity index (χ3n) is 4.45. The zero-order chi connectivity index (χ0) is 18.4. The SMILES string of the molecule is CC(C)Sc1ccc(C(=O)NCc2cccnc2N2CCCCC2)cc1. The average Bonchev–Trinajstić information content (AvgIpc) is 2.67. The van der Waals surface area contributed by atoms with E-state index in [1.807, 2.05) is 36.5 Å². The van der Waals surface area contributed by atoms with E-state index in [-0.39, 0.29) is 5.91 Å². The summed E-state index contributed by atoms with van der Waals surface area (Å²) >= 11 is 1.80. The summed E-state index contributed by atoms with van der Waals surface area (Å²) in [6.07, 6.45) is 5.55. The summed E-state index contributed by atoms with van der Waals surface area (Å²) in [5, 5.41) is 3.58. The molecule has 1 fully saturated rings. The first kappa shape index (κ1) is 18.8. The molecule has 0 atom stereocenters. The van der Waals surface area contributed by atoms with Crippen molar-refractivity contribution >= 4 is 23.5 Å². The smallest absolute Gasteiger partial charge is 0.251 e. The van der Waals surface area contributed by atoms with E-state index in [9.17, 15) is 4.79 Å². The average molecular weight is 370 g/mol. The van der Waals surface area contributed by atoms with Gasteiger partial charge in [0.1, 0.15) is 5.82 Å². The van der Waals surface area contributed by atoms with Gasteiger partial charge in [0.15, 0.2) is 0 Å². The third-order valence-corrected chi connectivity index (χ3v) is 5.47. The number of hydrogen-bond donors (Lipinski definition) is 1. The van der Waals surface area contributed by atoms with Gasteiger partial charge in [-0.1, -0.05) is 19.9 Å². The van der Waals surface area contributed by atoms with Crippen molar-refractivity contribution in [2.24, 2.45) is 0 Å². The van der Waals surface area contributed by atoms with Crippen LogP contribution in [0.2, 0.25) is 0 Å². The van der Waals surface area contributed by atoms with Crippen molar-refractivity contribution in [3.63, 3.8) is 0 Å². The van der Waals surface area contributed by atoms with Gasteiger partial charge in [0.05, 0.1) is 0 Å². The minimum atomic E-state index is -0.0421. The van der Waals surface area contributed by atoms with Crippen LogP contribution in [0.5, 0.6) is 0 Å². The maximum atomic E-state index is 12.5. The highest BCUT2D eigenvalue weighted by molar-refractivity contribution is 7.99. The van der Waals surface area contributed by atoms with Crippen LogP contribution in [-0.2, 0) is 6.54 Å². The molecule has 1 aromatic carbocycles. The van der Waals surface area contributed by atoms with Crippen molar-refractivity contribution in [1.82, 2.24) is 10.3 Å². The Morgan fingerprint density at radius 2 is 1.88 bits per heavy atom. The third kappa shape index (κ3) is 5.01. The molecule has 138 valence electrons. The Balaban J connectivity index is 1.62. The molecule has 0 aliphatic carbocycles. The number of rotatable bonds is 6. The number of piperidine rings is 1. The lowest BCUT2D eigenvalue weighted by atomic mass is 10.1. The van der Waals surface area contributed by atoms with Crippen LogP contribution in [0.3, 0.4) is 0 Å². The predicted molar refractivity (Wildman–Crippen MR) is 109 cm³/mol. The Kier molecular flexibility index (Phi) is 6.56. The number of pyridine rings is 1. The first-order valence-electron chi connectivity index (χ1n) is 9.37. The molecule has 0 saturated carbocycles. The molecule has 1 saturated heterocycles. The Bertz CT molecular complexity index is 724. The van der Waals surface area contributed by atoms with Gasteiger partial charge >= 0.3 is 0 Å². The standard InChI is InChI=1S/C21H27N3OS/c1-16(2)26-19-10-8-17(9-11-19)21(25)23-15-18-7-6-12-22-20(18)24-13-4-3-5-14-24/h6-12,16H,3-5,13-15H2,1-2H3,(H,23,25). The molecule has 0 spiro atoms. The predicted octanol–water partition coefficient (Wildman–Crippen LogP) is 4.50. The highest BCUT2D eigenvalue weighted by Crippen LogP contribution is 2.23. The molecular weight excluding hydrogens is 342 g/mol. The van der Waals surface area contributed by atoms with Crippen molar-refractivity contribution < 1.29 is 4.79 Å². The van der Waals surface area contributed by atoms with Crippen LogP contribution >= 0.6 is 11.8 Å². The van der Waals surface area contributed by atoms with Gasteiger partial charge in [0, 0.05) is 47.1 Å². The fraction of sp³-hybridized carbons (Fsp3) is 0.429. The van der Waals surface area contributed by atoms with E-state index in [0.717, 1.165) is 24.5 Å². The zero-order valence-corrected chi connectivity index (χ0v) is 16.4. The number of nitrogens with one attached hydrogen (secondary N) is 1. The minimum absolute atomic E-state index is 0.0421. The normalized spacial score (nSPS) is 14.5. The Hall–Kier alpha value is -2.01. The molecule has 5 heteroatoms. The molecule has 0 unspecified atom stereocenters. The number of aromatic nitrogens is 1. The van der Waals surface area contributed by atoms with Crippen LogP contribution in [0.25, 0.3) is 0 Å². The maximum Gasteiger partial charge on any atom is 0.251 e. The second kappa shape index (κ2) is 9.08. The van der Waals surface area contributed by atoms with Crippen LogP contribution < -0.4 is 10.2 Å². The van der Waals surface area contributed by atoms with Crippen LogP contribution in [0, 0.1) is 0 Å².